The number of ether oxygens (including phenoxy) is 1. The van der Waals surface area contributed by atoms with Crippen molar-refractivity contribution in [3.05, 3.63) is 29.6 Å². The largest absolute Gasteiger partial charge is 0.374 e. The fourth-order valence-corrected chi connectivity index (χ4v) is 2.71. The van der Waals surface area contributed by atoms with E-state index in [1.807, 2.05) is 0 Å². The van der Waals surface area contributed by atoms with Crippen molar-refractivity contribution in [2.24, 2.45) is 0 Å². The lowest BCUT2D eigenvalue weighted by Crippen LogP contribution is -2.29. The molecule has 5 nitrogen and oxygen atoms in total. The second-order valence-corrected chi connectivity index (χ2v) is 5.89. The molecule has 21 heavy (non-hydrogen) atoms. The van der Waals surface area contributed by atoms with E-state index in [1.54, 1.807) is 7.05 Å². The number of benzene rings is 1. The zero-order valence-corrected chi connectivity index (χ0v) is 12.2. The fraction of sp³-hybridized carbons (Fsp3) is 0.500. The van der Waals surface area contributed by atoms with Crippen LogP contribution in [0.4, 0.5) is 13.2 Å². The van der Waals surface area contributed by atoms with Gasteiger partial charge in [-0.2, -0.15) is 0 Å². The molecule has 0 saturated carbocycles. The van der Waals surface area contributed by atoms with Crippen molar-refractivity contribution in [1.82, 2.24) is 10.0 Å². The maximum Gasteiger partial charge on any atom is 0.261 e. The van der Waals surface area contributed by atoms with E-state index in [4.69, 9.17) is 0 Å². The Morgan fingerprint density at radius 2 is 2.05 bits per heavy atom. The first-order valence-corrected chi connectivity index (χ1v) is 7.63. The predicted molar refractivity (Wildman–Crippen MR) is 71.2 cm³/mol. The van der Waals surface area contributed by atoms with Crippen molar-refractivity contribution in [1.29, 1.82) is 0 Å². The summed E-state index contributed by atoms with van der Waals surface area (Å²) in [6.45, 7) is -0.819. The summed E-state index contributed by atoms with van der Waals surface area (Å²) >= 11 is 0. The maximum atomic E-state index is 13.6. The van der Waals surface area contributed by atoms with Gasteiger partial charge in [-0.15, -0.1) is 0 Å². The summed E-state index contributed by atoms with van der Waals surface area (Å²) in [5, 5.41) is 2.82. The molecule has 0 aromatic heterocycles. The van der Waals surface area contributed by atoms with Gasteiger partial charge >= 0.3 is 0 Å². The minimum absolute atomic E-state index is 0.218. The summed E-state index contributed by atoms with van der Waals surface area (Å²) in [4.78, 5) is -0.482. The van der Waals surface area contributed by atoms with Crippen LogP contribution in [0.5, 0.6) is 0 Å². The second kappa shape index (κ2) is 8.32. The molecule has 0 fully saturated rings. The van der Waals surface area contributed by atoms with Crippen molar-refractivity contribution in [3.63, 3.8) is 0 Å². The van der Waals surface area contributed by atoms with E-state index in [9.17, 15) is 21.6 Å². The summed E-state index contributed by atoms with van der Waals surface area (Å²) in [6, 6.07) is 3.75. The Labute approximate surface area is 121 Å². The molecule has 1 aromatic carbocycles. The molecular formula is C12H17F3N2O3S. The predicted octanol–water partition coefficient (Wildman–Crippen LogP) is 1.11. The van der Waals surface area contributed by atoms with Gasteiger partial charge in [-0.05, 0) is 24.7 Å². The van der Waals surface area contributed by atoms with Crippen LogP contribution >= 0.6 is 0 Å². The van der Waals surface area contributed by atoms with Gasteiger partial charge in [0.15, 0.2) is 0 Å². The minimum Gasteiger partial charge on any atom is -0.374 e. The molecule has 0 amide bonds. The first-order chi connectivity index (χ1) is 9.86. The van der Waals surface area contributed by atoms with Crippen LogP contribution in [0.3, 0.4) is 0 Å². The summed E-state index contributed by atoms with van der Waals surface area (Å²) in [5.74, 6) is -0.879. The molecule has 2 N–H and O–H groups in total. The molecule has 0 spiro atoms. The summed E-state index contributed by atoms with van der Waals surface area (Å²) < 4.78 is 67.7. The van der Waals surface area contributed by atoms with Gasteiger partial charge in [-0.25, -0.2) is 26.3 Å². The van der Waals surface area contributed by atoms with Crippen LogP contribution in [0.1, 0.15) is 5.56 Å². The lowest BCUT2D eigenvalue weighted by molar-refractivity contribution is 0.0199. The van der Waals surface area contributed by atoms with Crippen molar-refractivity contribution in [2.75, 3.05) is 26.8 Å². The van der Waals surface area contributed by atoms with Crippen LogP contribution in [0.2, 0.25) is 0 Å². The van der Waals surface area contributed by atoms with Gasteiger partial charge in [0, 0.05) is 13.1 Å². The van der Waals surface area contributed by atoms with Gasteiger partial charge < -0.3 is 10.1 Å². The van der Waals surface area contributed by atoms with E-state index in [0.717, 1.165) is 6.07 Å². The molecule has 1 aromatic rings. The molecule has 120 valence electrons. The van der Waals surface area contributed by atoms with E-state index in [2.05, 4.69) is 14.8 Å². The Bertz CT molecular complexity index is 553. The molecule has 0 bridgehead atoms. The highest BCUT2D eigenvalue weighted by atomic mass is 32.2. The summed E-state index contributed by atoms with van der Waals surface area (Å²) in [5.41, 5.74) is 0.605. The number of nitrogens with one attached hydrogen (secondary N) is 2. The van der Waals surface area contributed by atoms with Crippen LogP contribution in [-0.4, -0.2) is 41.6 Å². The number of hydrogen-bond donors (Lipinski definition) is 2. The van der Waals surface area contributed by atoms with Crippen LogP contribution in [0.15, 0.2) is 23.1 Å². The van der Waals surface area contributed by atoms with E-state index in [1.165, 1.54) is 12.1 Å². The van der Waals surface area contributed by atoms with Gasteiger partial charge in [-0.3, -0.25) is 0 Å². The monoisotopic (exact) mass is 326 g/mol. The molecule has 0 unspecified atom stereocenters. The molecule has 1 rings (SSSR count). The molecule has 0 aliphatic heterocycles. The highest BCUT2D eigenvalue weighted by Gasteiger charge is 2.19. The summed E-state index contributed by atoms with van der Waals surface area (Å²) in [6.07, 6.45) is -2.61. The normalized spacial score (nSPS) is 12.0. The fourth-order valence-electron chi connectivity index (χ4n) is 1.57. The third-order valence-corrected chi connectivity index (χ3v) is 3.92. The smallest absolute Gasteiger partial charge is 0.261 e. The van der Waals surface area contributed by atoms with Crippen LogP contribution in [0, 0.1) is 5.82 Å². The number of halogens is 3. The first kappa shape index (κ1) is 17.9. The quantitative estimate of drug-likeness (QED) is 0.667. The molecule has 0 heterocycles. The molecule has 9 heteroatoms. The van der Waals surface area contributed by atoms with Crippen molar-refractivity contribution in [3.8, 4) is 0 Å². The molecule has 0 aliphatic rings. The number of sulfonamides is 1. The lowest BCUT2D eigenvalue weighted by Gasteiger charge is -2.10. The molecule has 0 aliphatic carbocycles. The average molecular weight is 326 g/mol. The second-order valence-electron chi connectivity index (χ2n) is 4.16. The topological polar surface area (TPSA) is 67.4 Å². The molecular weight excluding hydrogens is 309 g/mol. The zero-order chi connectivity index (χ0) is 15.9. The van der Waals surface area contributed by atoms with Crippen molar-refractivity contribution >= 4 is 10.0 Å². The van der Waals surface area contributed by atoms with Crippen LogP contribution < -0.4 is 10.0 Å². The molecule has 0 radical (unpaired) electrons. The Hall–Kier alpha value is -1.16. The van der Waals surface area contributed by atoms with Gasteiger partial charge in [0.25, 0.3) is 6.43 Å². The van der Waals surface area contributed by atoms with Crippen LogP contribution in [-0.2, 0) is 21.3 Å². The van der Waals surface area contributed by atoms with E-state index in [-0.39, 0.29) is 13.2 Å². The van der Waals surface area contributed by atoms with Gasteiger partial charge in [0.2, 0.25) is 10.0 Å². The first-order valence-electron chi connectivity index (χ1n) is 6.15. The standard InChI is InChI=1S/C12H17F3N2O3S/c1-16-7-9-2-3-10(13)11(6-9)21(18,19)17-4-5-20-8-12(14)15/h2-3,6,12,16-17H,4-5,7-8H2,1H3. The Balaban J connectivity index is 2.67. The van der Waals surface area contributed by atoms with Crippen molar-refractivity contribution in [2.45, 2.75) is 17.9 Å². The molecule has 0 atom stereocenters. The average Bonchev–Trinajstić information content (AvgIpc) is 2.40. The van der Waals surface area contributed by atoms with E-state index >= 15 is 0 Å². The highest BCUT2D eigenvalue weighted by molar-refractivity contribution is 7.89. The number of alkyl halides is 2. The zero-order valence-electron chi connectivity index (χ0n) is 11.4. The maximum absolute atomic E-state index is 13.6. The van der Waals surface area contributed by atoms with Gasteiger partial charge in [-0.1, -0.05) is 6.07 Å². The minimum atomic E-state index is -4.05. The van der Waals surface area contributed by atoms with Crippen LogP contribution in [0.25, 0.3) is 0 Å². The van der Waals surface area contributed by atoms with Crippen molar-refractivity contribution < 1.29 is 26.3 Å². The third-order valence-electron chi connectivity index (χ3n) is 2.45. The summed E-state index contributed by atoms with van der Waals surface area (Å²) in [7, 11) is -2.38. The van der Waals surface area contributed by atoms with Gasteiger partial charge in [0.1, 0.15) is 17.3 Å². The van der Waals surface area contributed by atoms with Gasteiger partial charge in [0.05, 0.1) is 6.61 Å². The SMILES string of the molecule is CNCc1ccc(F)c(S(=O)(=O)NCCOCC(F)F)c1. The highest BCUT2D eigenvalue weighted by Crippen LogP contribution is 2.16. The Morgan fingerprint density at radius 1 is 1.33 bits per heavy atom. The Kier molecular flexibility index (Phi) is 7.09. The lowest BCUT2D eigenvalue weighted by atomic mass is 10.2. The number of hydrogen-bond acceptors (Lipinski definition) is 4. The van der Waals surface area contributed by atoms with E-state index in [0.29, 0.717) is 12.1 Å². The Morgan fingerprint density at radius 3 is 2.67 bits per heavy atom. The third kappa shape index (κ3) is 6.00. The van der Waals surface area contributed by atoms with E-state index < -0.39 is 33.8 Å². The number of rotatable bonds is 9. The molecule has 0 saturated heterocycles.